The van der Waals surface area contributed by atoms with Crippen LogP contribution in [-0.2, 0) is 13.9 Å². The Morgan fingerprint density at radius 3 is 2.25 bits per heavy atom. The Kier molecular flexibility index (Phi) is 5.72. The van der Waals surface area contributed by atoms with Gasteiger partial charge >= 0.3 is 0 Å². The third-order valence-electron chi connectivity index (χ3n) is 4.01. The smallest absolute Gasteiger partial charge is 0.192 e. The fourth-order valence-corrected chi connectivity index (χ4v) is 3.14. The zero-order valence-electron chi connectivity index (χ0n) is 13.7. The minimum atomic E-state index is -1.82. The van der Waals surface area contributed by atoms with Crippen LogP contribution in [0.3, 0.4) is 0 Å². The Morgan fingerprint density at radius 1 is 1.25 bits per heavy atom. The molecule has 1 saturated heterocycles. The highest BCUT2D eigenvalue weighted by Crippen LogP contribution is 2.37. The molecule has 0 aromatic carbocycles. The number of halogens is 1. The van der Waals surface area contributed by atoms with Gasteiger partial charge in [-0.25, -0.2) is 0 Å². The lowest BCUT2D eigenvalue weighted by Crippen LogP contribution is -2.45. The first-order chi connectivity index (χ1) is 8.82. The zero-order valence-corrected chi connectivity index (χ0v) is 15.5. The lowest BCUT2D eigenvalue weighted by Gasteiger charge is -2.37. The minimum absolute atomic E-state index is 0.151. The van der Waals surface area contributed by atoms with E-state index in [1.165, 1.54) is 0 Å². The largest absolute Gasteiger partial charge is 0.414 e. The van der Waals surface area contributed by atoms with E-state index in [2.05, 4.69) is 33.9 Å². The number of aliphatic hydroxyl groups is 1. The van der Waals surface area contributed by atoms with E-state index in [4.69, 9.17) is 25.5 Å². The summed E-state index contributed by atoms with van der Waals surface area (Å²) in [6, 6.07) is 0. The molecule has 0 aromatic heterocycles. The van der Waals surface area contributed by atoms with E-state index in [0.717, 1.165) is 0 Å². The molecule has 1 aliphatic heterocycles. The van der Waals surface area contributed by atoms with E-state index in [9.17, 15) is 5.11 Å². The lowest BCUT2D eigenvalue weighted by atomic mass is 10.2. The fourth-order valence-electron chi connectivity index (χ4n) is 1.82. The van der Waals surface area contributed by atoms with Gasteiger partial charge in [0, 0.05) is 6.42 Å². The molecule has 1 heterocycles. The van der Waals surface area contributed by atoms with Crippen molar-refractivity contribution in [2.45, 2.75) is 82.7 Å². The molecule has 120 valence electrons. The van der Waals surface area contributed by atoms with E-state index in [1.807, 2.05) is 0 Å². The summed E-state index contributed by atoms with van der Waals surface area (Å²) >= 11 is 6.04. The molecule has 0 amide bonds. The molecule has 1 rings (SSSR count). The summed E-state index contributed by atoms with van der Waals surface area (Å²) in [4.78, 5) is 0. The summed E-state index contributed by atoms with van der Waals surface area (Å²) in [5, 5.41) is 9.94. The van der Waals surface area contributed by atoms with Gasteiger partial charge in [-0.05, 0) is 32.0 Å². The maximum Gasteiger partial charge on any atom is 0.192 e. The highest BCUT2D eigenvalue weighted by Gasteiger charge is 2.42. The molecule has 0 aromatic rings. The average Bonchev–Trinajstić information content (AvgIpc) is 2.51. The molecule has 4 nitrogen and oxygen atoms in total. The molecule has 3 atom stereocenters. The molecule has 0 bridgehead atoms. The summed E-state index contributed by atoms with van der Waals surface area (Å²) < 4.78 is 17.4. The summed E-state index contributed by atoms with van der Waals surface area (Å²) in [6.07, 6.45) is 0.109. The molecule has 1 fully saturated rings. The van der Waals surface area contributed by atoms with Gasteiger partial charge in [0.25, 0.3) is 0 Å². The van der Waals surface area contributed by atoms with Crippen LogP contribution >= 0.6 is 11.6 Å². The van der Waals surface area contributed by atoms with Crippen LogP contribution in [0.1, 0.15) is 41.0 Å². The molecule has 0 saturated carbocycles. The topological polar surface area (TPSA) is 47.9 Å². The van der Waals surface area contributed by atoms with Crippen LogP contribution in [0.15, 0.2) is 0 Å². The van der Waals surface area contributed by atoms with Crippen molar-refractivity contribution in [1.82, 2.24) is 0 Å². The Bertz CT molecular complexity index is 322. The molecule has 0 radical (unpaired) electrons. The van der Waals surface area contributed by atoms with E-state index >= 15 is 0 Å². The van der Waals surface area contributed by atoms with Crippen molar-refractivity contribution in [3.63, 3.8) is 0 Å². The molecular weight excluding hydrogens is 296 g/mol. The minimum Gasteiger partial charge on any atom is -0.414 e. The first-order valence-electron chi connectivity index (χ1n) is 7.15. The number of ether oxygens (including phenoxy) is 2. The van der Waals surface area contributed by atoms with Crippen LogP contribution in [0.4, 0.5) is 0 Å². The predicted octanol–water partition coefficient (Wildman–Crippen LogP) is 3.48. The van der Waals surface area contributed by atoms with Crippen LogP contribution in [0, 0.1) is 0 Å². The van der Waals surface area contributed by atoms with Crippen molar-refractivity contribution in [1.29, 1.82) is 0 Å². The van der Waals surface area contributed by atoms with Crippen molar-refractivity contribution in [3.05, 3.63) is 0 Å². The number of rotatable bonds is 5. The van der Waals surface area contributed by atoms with Crippen molar-refractivity contribution < 1.29 is 19.0 Å². The van der Waals surface area contributed by atoms with Gasteiger partial charge in [-0.2, -0.15) is 0 Å². The monoisotopic (exact) mass is 324 g/mol. The van der Waals surface area contributed by atoms with Crippen LogP contribution in [-0.4, -0.2) is 43.6 Å². The first-order valence-corrected chi connectivity index (χ1v) is 10.5. The van der Waals surface area contributed by atoms with Crippen molar-refractivity contribution in [3.8, 4) is 0 Å². The van der Waals surface area contributed by atoms with Crippen molar-refractivity contribution in [2.24, 2.45) is 0 Å². The maximum atomic E-state index is 9.79. The van der Waals surface area contributed by atoms with Crippen molar-refractivity contribution in [2.75, 3.05) is 6.61 Å². The van der Waals surface area contributed by atoms with E-state index in [1.54, 1.807) is 13.8 Å². The van der Waals surface area contributed by atoms with Gasteiger partial charge in [0.1, 0.15) is 11.7 Å². The normalized spacial score (nSPS) is 28.9. The zero-order chi connectivity index (χ0) is 15.8. The van der Waals surface area contributed by atoms with Gasteiger partial charge in [-0.1, -0.05) is 32.4 Å². The lowest BCUT2D eigenvalue weighted by molar-refractivity contribution is -0.216. The molecule has 6 heteroatoms. The molecule has 0 aliphatic carbocycles. The third-order valence-corrected chi connectivity index (χ3v) is 8.79. The number of hydrogen-bond donors (Lipinski definition) is 1. The standard InChI is InChI=1S/C14H29ClO4Si/c1-13(2,3)20(6,7)17-9-11-10(8-12(15)18-11)19-14(4,5)16/h10-12,16H,8-9H2,1-7H3/t10-,11+,12?/m0/s1. The Balaban J connectivity index is 2.61. The van der Waals surface area contributed by atoms with Gasteiger partial charge in [0.15, 0.2) is 14.1 Å². The van der Waals surface area contributed by atoms with Crippen LogP contribution in [0.25, 0.3) is 0 Å². The average molecular weight is 325 g/mol. The highest BCUT2D eigenvalue weighted by molar-refractivity contribution is 6.74. The molecule has 1 N–H and O–H groups in total. The van der Waals surface area contributed by atoms with Gasteiger partial charge in [0.2, 0.25) is 0 Å². The second kappa shape index (κ2) is 6.22. The molecule has 20 heavy (non-hydrogen) atoms. The van der Waals surface area contributed by atoms with E-state index in [-0.39, 0.29) is 22.8 Å². The second-order valence-electron chi connectivity index (χ2n) is 7.49. The number of alkyl halides is 1. The number of hydrogen-bond acceptors (Lipinski definition) is 4. The van der Waals surface area contributed by atoms with Crippen LogP contribution in [0.5, 0.6) is 0 Å². The highest BCUT2D eigenvalue weighted by atomic mass is 35.5. The summed E-state index contributed by atoms with van der Waals surface area (Å²) in [7, 11) is -1.82. The maximum absolute atomic E-state index is 9.79. The molecular formula is C14H29ClO4Si. The van der Waals surface area contributed by atoms with Crippen LogP contribution in [0.2, 0.25) is 18.1 Å². The van der Waals surface area contributed by atoms with Gasteiger partial charge < -0.3 is 19.0 Å². The Labute approximate surface area is 128 Å². The molecule has 1 unspecified atom stereocenters. The SMILES string of the molecule is CC(C)(O)O[C@H]1CC(Cl)O[C@@H]1CO[Si](C)(C)C(C)(C)C. The predicted molar refractivity (Wildman–Crippen MR) is 83.5 cm³/mol. The fraction of sp³-hybridized carbons (Fsp3) is 1.00. The Morgan fingerprint density at radius 2 is 1.80 bits per heavy atom. The molecule has 0 spiro atoms. The summed E-state index contributed by atoms with van der Waals surface area (Å²) in [6.45, 7) is 14.7. The summed E-state index contributed by atoms with van der Waals surface area (Å²) in [5.41, 5.74) is -0.379. The van der Waals surface area contributed by atoms with Crippen molar-refractivity contribution >= 4 is 19.9 Å². The second-order valence-corrected chi connectivity index (χ2v) is 12.8. The quantitative estimate of drug-likeness (QED) is 0.478. The first kappa shape index (κ1) is 18.4. The van der Waals surface area contributed by atoms with Crippen LogP contribution < -0.4 is 0 Å². The Hall–Kier alpha value is 0.347. The van der Waals surface area contributed by atoms with E-state index < -0.39 is 14.1 Å². The van der Waals surface area contributed by atoms with E-state index in [0.29, 0.717) is 13.0 Å². The summed E-state index contributed by atoms with van der Waals surface area (Å²) in [5.74, 6) is -1.19. The molecule has 1 aliphatic rings. The van der Waals surface area contributed by atoms with Gasteiger partial charge in [0.05, 0.1) is 12.7 Å². The van der Waals surface area contributed by atoms with Gasteiger partial charge in [-0.15, -0.1) is 0 Å². The third kappa shape index (κ3) is 5.28. The van der Waals surface area contributed by atoms with Gasteiger partial charge in [-0.3, -0.25) is 0 Å².